The van der Waals surface area contributed by atoms with Gasteiger partial charge in [-0.05, 0) is 52.4 Å². The normalized spacial score (nSPS) is 11.3. The van der Waals surface area contributed by atoms with E-state index >= 15 is 0 Å². The van der Waals surface area contributed by atoms with Crippen LogP contribution in [0.15, 0.2) is 60.8 Å². The third-order valence-electron chi connectivity index (χ3n) is 3.78. The van der Waals surface area contributed by atoms with Crippen molar-refractivity contribution < 1.29 is 17.9 Å². The van der Waals surface area contributed by atoms with Crippen LogP contribution in [-0.2, 0) is 12.8 Å². The second kappa shape index (κ2) is 8.12. The highest BCUT2D eigenvalue weighted by Gasteiger charge is 2.36. The zero-order chi connectivity index (χ0) is 19.4. The number of hydrogen-bond acceptors (Lipinski definition) is 4. The summed E-state index contributed by atoms with van der Waals surface area (Å²) in [7, 11) is 1.69. The molecule has 8 heteroatoms. The molecule has 2 aromatic carbocycles. The van der Waals surface area contributed by atoms with E-state index in [1.165, 1.54) is 0 Å². The fourth-order valence-electron chi connectivity index (χ4n) is 2.33. The zero-order valence-corrected chi connectivity index (χ0v) is 16.4. The average molecular weight is 485 g/mol. The number of hydrogen-bond donors (Lipinski definition) is 0. The van der Waals surface area contributed by atoms with E-state index in [0.717, 1.165) is 21.0 Å². The second-order valence-electron chi connectivity index (χ2n) is 5.70. The molecule has 0 amide bonds. The third-order valence-corrected chi connectivity index (χ3v) is 4.50. The molecule has 0 saturated heterocycles. The summed E-state index contributed by atoms with van der Waals surface area (Å²) >= 11 is 2.17. The van der Waals surface area contributed by atoms with Crippen LogP contribution in [0.25, 0.3) is 0 Å². The Morgan fingerprint density at radius 3 is 2.33 bits per heavy atom. The maximum Gasteiger partial charge on any atom is 0.423 e. The Hall–Kier alpha value is -2.36. The molecule has 0 aliphatic carbocycles. The molecule has 0 bridgehead atoms. The average Bonchev–Trinajstić information content (AvgIpc) is 2.66. The lowest BCUT2D eigenvalue weighted by atomic mass is 10.2. The van der Waals surface area contributed by atoms with Crippen molar-refractivity contribution in [2.24, 2.45) is 0 Å². The summed E-state index contributed by atoms with van der Waals surface area (Å²) in [4.78, 5) is 9.50. The third kappa shape index (κ3) is 4.88. The predicted octanol–water partition coefficient (Wildman–Crippen LogP) is 5.45. The van der Waals surface area contributed by atoms with Crippen LogP contribution in [-0.4, -0.2) is 17.0 Å². The Morgan fingerprint density at radius 2 is 1.70 bits per heavy atom. The smallest absolute Gasteiger partial charge is 0.423 e. The lowest BCUT2D eigenvalue weighted by Gasteiger charge is -2.19. The van der Waals surface area contributed by atoms with E-state index in [9.17, 15) is 13.2 Å². The van der Waals surface area contributed by atoms with Crippen LogP contribution in [0.3, 0.4) is 0 Å². The zero-order valence-electron chi connectivity index (χ0n) is 14.2. The van der Waals surface area contributed by atoms with Gasteiger partial charge in [-0.25, -0.2) is 4.98 Å². The maximum absolute atomic E-state index is 13.3. The van der Waals surface area contributed by atoms with Gasteiger partial charge >= 0.3 is 6.18 Å². The van der Waals surface area contributed by atoms with Crippen LogP contribution in [0.1, 0.15) is 11.1 Å². The highest BCUT2D eigenvalue weighted by molar-refractivity contribution is 14.1. The van der Waals surface area contributed by atoms with Crippen molar-refractivity contribution in [3.63, 3.8) is 0 Å². The fourth-order valence-corrected chi connectivity index (χ4v) is 2.69. The minimum Gasteiger partial charge on any atom is -0.472 e. The monoisotopic (exact) mass is 485 g/mol. The predicted molar refractivity (Wildman–Crippen MR) is 105 cm³/mol. The summed E-state index contributed by atoms with van der Waals surface area (Å²) in [5.74, 6) is -0.374. The Balaban J connectivity index is 1.91. The SMILES string of the molecule is CN(c1ccc(I)cc1)c1ncc(C(F)(F)F)c(OCc2ccccc2)n1. The van der Waals surface area contributed by atoms with Crippen molar-refractivity contribution >= 4 is 34.2 Å². The number of nitrogens with zero attached hydrogens (tertiary/aromatic N) is 3. The Morgan fingerprint density at radius 1 is 1.04 bits per heavy atom. The Labute approximate surface area is 168 Å². The van der Waals surface area contributed by atoms with Gasteiger partial charge in [0.25, 0.3) is 0 Å². The van der Waals surface area contributed by atoms with Gasteiger partial charge in [0.05, 0.1) is 0 Å². The molecule has 0 radical (unpaired) electrons. The molecular weight excluding hydrogens is 470 g/mol. The molecule has 0 N–H and O–H groups in total. The van der Waals surface area contributed by atoms with Crippen LogP contribution >= 0.6 is 22.6 Å². The lowest BCUT2D eigenvalue weighted by Crippen LogP contribution is -2.17. The molecule has 1 aromatic heterocycles. The summed E-state index contributed by atoms with van der Waals surface area (Å²) in [5.41, 5.74) is 0.499. The van der Waals surface area contributed by atoms with E-state index in [0.29, 0.717) is 0 Å². The number of anilines is 2. The topological polar surface area (TPSA) is 38.2 Å². The molecule has 1 heterocycles. The van der Waals surface area contributed by atoms with Crippen molar-refractivity contribution in [2.75, 3.05) is 11.9 Å². The highest BCUT2D eigenvalue weighted by Crippen LogP contribution is 2.36. The summed E-state index contributed by atoms with van der Waals surface area (Å²) < 4.78 is 46.3. The number of aromatic nitrogens is 2. The van der Waals surface area contributed by atoms with Gasteiger partial charge in [-0.1, -0.05) is 30.3 Å². The van der Waals surface area contributed by atoms with Gasteiger partial charge in [0.1, 0.15) is 12.2 Å². The molecule has 0 fully saturated rings. The Bertz CT molecular complexity index is 902. The van der Waals surface area contributed by atoms with Crippen molar-refractivity contribution in [3.05, 3.63) is 75.5 Å². The largest absolute Gasteiger partial charge is 0.472 e. The van der Waals surface area contributed by atoms with E-state index in [1.54, 1.807) is 36.2 Å². The first-order valence-electron chi connectivity index (χ1n) is 7.95. The first kappa shape index (κ1) is 19.4. The molecule has 0 spiro atoms. The minimum absolute atomic E-state index is 0.0202. The van der Waals surface area contributed by atoms with Crippen LogP contribution in [0.4, 0.5) is 24.8 Å². The first-order valence-corrected chi connectivity index (χ1v) is 9.03. The number of ether oxygens (including phenoxy) is 1. The molecule has 3 rings (SSSR count). The van der Waals surface area contributed by atoms with E-state index in [-0.39, 0.29) is 12.6 Å². The van der Waals surface area contributed by atoms with Gasteiger partial charge in [0, 0.05) is 22.5 Å². The molecule has 27 heavy (non-hydrogen) atoms. The summed E-state index contributed by atoms with van der Waals surface area (Å²) in [6, 6.07) is 16.4. The second-order valence-corrected chi connectivity index (χ2v) is 6.94. The first-order chi connectivity index (χ1) is 12.8. The molecule has 0 atom stereocenters. The van der Waals surface area contributed by atoms with Crippen molar-refractivity contribution in [3.8, 4) is 5.88 Å². The van der Waals surface area contributed by atoms with Gasteiger partial charge in [-0.15, -0.1) is 0 Å². The van der Waals surface area contributed by atoms with Crippen LogP contribution in [0, 0.1) is 3.57 Å². The molecule has 0 saturated carbocycles. The van der Waals surface area contributed by atoms with E-state index in [1.807, 2.05) is 30.3 Å². The summed E-state index contributed by atoms with van der Waals surface area (Å²) in [6.45, 7) is -0.0202. The molecule has 140 valence electrons. The van der Waals surface area contributed by atoms with E-state index in [4.69, 9.17) is 4.74 Å². The molecule has 0 unspecified atom stereocenters. The number of benzene rings is 2. The van der Waals surface area contributed by atoms with Crippen molar-refractivity contribution in [1.82, 2.24) is 9.97 Å². The molecule has 4 nitrogen and oxygen atoms in total. The summed E-state index contributed by atoms with van der Waals surface area (Å²) in [6.07, 6.45) is -3.85. The van der Waals surface area contributed by atoms with E-state index in [2.05, 4.69) is 32.6 Å². The van der Waals surface area contributed by atoms with Crippen molar-refractivity contribution in [1.29, 1.82) is 0 Å². The molecular formula is C19H15F3IN3O. The summed E-state index contributed by atoms with van der Waals surface area (Å²) in [5, 5.41) is 0. The molecule has 0 aliphatic heterocycles. The van der Waals surface area contributed by atoms with Crippen molar-refractivity contribution in [2.45, 2.75) is 12.8 Å². The van der Waals surface area contributed by atoms with Crippen LogP contribution in [0.5, 0.6) is 5.88 Å². The van der Waals surface area contributed by atoms with Gasteiger partial charge in [-0.3, -0.25) is 0 Å². The Kier molecular flexibility index (Phi) is 5.83. The van der Waals surface area contributed by atoms with Crippen LogP contribution < -0.4 is 9.64 Å². The lowest BCUT2D eigenvalue weighted by molar-refractivity contribution is -0.139. The quantitative estimate of drug-likeness (QED) is 0.451. The van der Waals surface area contributed by atoms with Gasteiger partial charge < -0.3 is 9.64 Å². The van der Waals surface area contributed by atoms with Crippen LogP contribution in [0.2, 0.25) is 0 Å². The fraction of sp³-hybridized carbons (Fsp3) is 0.158. The minimum atomic E-state index is -4.61. The standard InChI is InChI=1S/C19H15F3IN3O/c1-26(15-9-7-14(23)8-10-15)18-24-11-16(19(20,21)22)17(25-18)27-12-13-5-3-2-4-6-13/h2-11H,12H2,1H3. The molecule has 0 aliphatic rings. The number of rotatable bonds is 5. The highest BCUT2D eigenvalue weighted by atomic mass is 127. The number of halogens is 4. The maximum atomic E-state index is 13.3. The number of alkyl halides is 3. The van der Waals surface area contributed by atoms with Gasteiger partial charge in [0.2, 0.25) is 11.8 Å². The van der Waals surface area contributed by atoms with E-state index < -0.39 is 17.6 Å². The van der Waals surface area contributed by atoms with Gasteiger partial charge in [0.15, 0.2) is 0 Å². The molecule has 3 aromatic rings. The van der Waals surface area contributed by atoms with Gasteiger partial charge in [-0.2, -0.15) is 18.2 Å².